The van der Waals surface area contributed by atoms with Gasteiger partial charge in [0.1, 0.15) is 6.10 Å². The molecule has 6 heteroatoms. The molecule has 2 aliphatic heterocycles. The Bertz CT molecular complexity index is 789. The van der Waals surface area contributed by atoms with E-state index in [0.717, 1.165) is 37.7 Å². The second kappa shape index (κ2) is 16.6. The number of hydrogen-bond acceptors (Lipinski definition) is 6. The highest BCUT2D eigenvalue weighted by atomic mass is 16.7. The molecule has 2 aliphatic rings. The minimum atomic E-state index is -0.634. The van der Waals surface area contributed by atoms with Crippen LogP contribution in [0.1, 0.15) is 93.9 Å². The van der Waals surface area contributed by atoms with Crippen LogP contribution in [0, 0.1) is 23.7 Å². The van der Waals surface area contributed by atoms with Gasteiger partial charge in [0.15, 0.2) is 12.4 Å². The molecule has 0 aromatic carbocycles. The lowest BCUT2D eigenvalue weighted by Crippen LogP contribution is -2.36. The molecule has 0 aromatic rings. The second-order valence-corrected chi connectivity index (χ2v) is 11.5. The number of carbonyl (C=O) groups is 1. The third kappa shape index (κ3) is 11.0. The second-order valence-electron chi connectivity index (χ2n) is 11.5. The number of rotatable bonds is 12. The molecule has 0 aromatic heterocycles. The molecule has 38 heavy (non-hydrogen) atoms. The zero-order chi connectivity index (χ0) is 28.2. The van der Waals surface area contributed by atoms with E-state index in [-0.39, 0.29) is 42.2 Å². The summed E-state index contributed by atoms with van der Waals surface area (Å²) in [5, 5.41) is 10.1. The molecule has 0 spiro atoms. The highest BCUT2D eigenvalue weighted by molar-refractivity contribution is 5.75. The van der Waals surface area contributed by atoms with Gasteiger partial charge in [-0.25, -0.2) is 4.79 Å². The molecule has 0 amide bonds. The van der Waals surface area contributed by atoms with E-state index in [1.807, 2.05) is 27.7 Å². The standard InChI is InChI=1S/C32H54O6/c1-9-27(33)25(7)31-29(37-31)20-22(4)16-12-18-24(6)30-23(5)17-11-14-21(3)15-13-19-28(32(34)38-30)36-26(8)35-10-2/h11-12,16-18,21-23,25-31,33H,9-10,13-15,19-20H2,1-8H3. The maximum atomic E-state index is 13.3. The van der Waals surface area contributed by atoms with Crippen molar-refractivity contribution in [2.75, 3.05) is 6.61 Å². The number of aliphatic hydroxyl groups excluding tert-OH is 1. The van der Waals surface area contributed by atoms with Crippen molar-refractivity contribution in [2.45, 2.75) is 131 Å². The highest BCUT2D eigenvalue weighted by Gasteiger charge is 2.44. The number of ether oxygens (including phenoxy) is 4. The summed E-state index contributed by atoms with van der Waals surface area (Å²) in [6, 6.07) is 0. The van der Waals surface area contributed by atoms with Crippen LogP contribution in [0.5, 0.6) is 0 Å². The first-order chi connectivity index (χ1) is 18.1. The molecule has 1 N–H and O–H groups in total. The normalized spacial score (nSPS) is 32.7. The van der Waals surface area contributed by atoms with Crippen molar-refractivity contribution in [3.05, 3.63) is 36.0 Å². The number of aliphatic hydroxyl groups is 1. The Morgan fingerprint density at radius 2 is 1.95 bits per heavy atom. The van der Waals surface area contributed by atoms with Gasteiger partial charge in [-0.3, -0.25) is 0 Å². The Labute approximate surface area is 231 Å². The third-order valence-corrected chi connectivity index (χ3v) is 7.90. The van der Waals surface area contributed by atoms with Gasteiger partial charge in [0, 0.05) is 18.4 Å². The number of carbonyl (C=O) groups excluding carboxylic acids is 1. The predicted molar refractivity (Wildman–Crippen MR) is 153 cm³/mol. The molecular formula is C32H54O6. The smallest absolute Gasteiger partial charge is 0.335 e. The molecular weight excluding hydrogens is 480 g/mol. The van der Waals surface area contributed by atoms with Crippen molar-refractivity contribution in [3.8, 4) is 0 Å². The minimum Gasteiger partial charge on any atom is -0.455 e. The van der Waals surface area contributed by atoms with Crippen LogP contribution in [0.15, 0.2) is 36.0 Å². The summed E-state index contributed by atoms with van der Waals surface area (Å²) < 4.78 is 23.5. The molecule has 1 fully saturated rings. The summed E-state index contributed by atoms with van der Waals surface area (Å²) in [6.07, 6.45) is 14.6. The molecule has 1 saturated heterocycles. The number of esters is 1. The van der Waals surface area contributed by atoms with Gasteiger partial charge >= 0.3 is 5.97 Å². The molecule has 6 nitrogen and oxygen atoms in total. The van der Waals surface area contributed by atoms with Gasteiger partial charge in [-0.2, -0.15) is 0 Å². The molecule has 0 aliphatic carbocycles. The SMILES string of the molecule is CCOC(C)OC1CCCC(C)CC=CC(C)C(C(C)=CC=CC(C)CC2OC2C(C)C(O)CC)OC1=O. The van der Waals surface area contributed by atoms with Gasteiger partial charge in [-0.15, -0.1) is 0 Å². The van der Waals surface area contributed by atoms with Gasteiger partial charge in [-0.1, -0.05) is 71.4 Å². The summed E-state index contributed by atoms with van der Waals surface area (Å²) in [6.45, 7) is 16.9. The maximum absolute atomic E-state index is 13.3. The maximum Gasteiger partial charge on any atom is 0.335 e. The Morgan fingerprint density at radius 3 is 2.63 bits per heavy atom. The average Bonchev–Trinajstić information content (AvgIpc) is 3.63. The van der Waals surface area contributed by atoms with E-state index in [9.17, 15) is 9.90 Å². The van der Waals surface area contributed by atoms with Crippen LogP contribution in [0.4, 0.5) is 0 Å². The van der Waals surface area contributed by atoms with Crippen molar-refractivity contribution in [2.24, 2.45) is 23.7 Å². The fourth-order valence-corrected chi connectivity index (χ4v) is 5.29. The molecule has 0 saturated carbocycles. The summed E-state index contributed by atoms with van der Waals surface area (Å²) in [5.41, 5.74) is 1.00. The van der Waals surface area contributed by atoms with E-state index >= 15 is 0 Å². The van der Waals surface area contributed by atoms with Gasteiger partial charge in [0.2, 0.25) is 0 Å². The number of cyclic esters (lactones) is 1. The Kier molecular flexibility index (Phi) is 14.3. The largest absolute Gasteiger partial charge is 0.455 e. The molecule has 218 valence electrons. The first-order valence-corrected chi connectivity index (χ1v) is 14.9. The van der Waals surface area contributed by atoms with E-state index in [4.69, 9.17) is 18.9 Å². The Hall–Kier alpha value is -1.47. The van der Waals surface area contributed by atoms with E-state index in [2.05, 4.69) is 58.1 Å². The monoisotopic (exact) mass is 534 g/mol. The van der Waals surface area contributed by atoms with Crippen molar-refractivity contribution >= 4 is 5.97 Å². The lowest BCUT2D eigenvalue weighted by molar-refractivity contribution is -0.192. The molecule has 2 rings (SSSR count). The zero-order valence-electron chi connectivity index (χ0n) is 25.1. The van der Waals surface area contributed by atoms with Crippen molar-refractivity contribution in [3.63, 3.8) is 0 Å². The molecule has 2 heterocycles. The van der Waals surface area contributed by atoms with Crippen LogP contribution in [0.25, 0.3) is 0 Å². The molecule has 0 radical (unpaired) electrons. The predicted octanol–water partition coefficient (Wildman–Crippen LogP) is 6.77. The fourth-order valence-electron chi connectivity index (χ4n) is 5.29. The fraction of sp³-hybridized carbons (Fsp3) is 0.781. The summed E-state index contributed by atoms with van der Waals surface area (Å²) in [4.78, 5) is 13.3. The number of hydrogen-bond donors (Lipinski definition) is 1. The van der Waals surface area contributed by atoms with Crippen molar-refractivity contribution < 1.29 is 28.8 Å². The lowest BCUT2D eigenvalue weighted by atomic mass is 9.93. The number of allylic oxidation sites excluding steroid dienone is 4. The molecule has 10 atom stereocenters. The molecule has 0 bridgehead atoms. The Balaban J connectivity index is 2.07. The van der Waals surface area contributed by atoms with E-state index in [0.29, 0.717) is 24.9 Å². The van der Waals surface area contributed by atoms with Gasteiger partial charge in [0.05, 0.1) is 18.3 Å². The number of epoxide rings is 1. The minimum absolute atomic E-state index is 0.0460. The topological polar surface area (TPSA) is 77.5 Å². The van der Waals surface area contributed by atoms with Crippen LogP contribution in [0.3, 0.4) is 0 Å². The first kappa shape index (κ1) is 32.7. The zero-order valence-corrected chi connectivity index (χ0v) is 25.1. The lowest BCUT2D eigenvalue weighted by Gasteiger charge is -2.28. The van der Waals surface area contributed by atoms with Crippen LogP contribution in [-0.4, -0.2) is 54.5 Å². The first-order valence-electron chi connectivity index (χ1n) is 14.9. The Morgan fingerprint density at radius 1 is 1.21 bits per heavy atom. The third-order valence-electron chi connectivity index (χ3n) is 7.90. The van der Waals surface area contributed by atoms with Gasteiger partial charge in [0.25, 0.3) is 0 Å². The summed E-state index contributed by atoms with van der Waals surface area (Å²) in [5.74, 6) is 0.795. The van der Waals surface area contributed by atoms with Crippen molar-refractivity contribution in [1.82, 2.24) is 0 Å². The van der Waals surface area contributed by atoms with Crippen LogP contribution in [-0.2, 0) is 23.7 Å². The van der Waals surface area contributed by atoms with Crippen LogP contribution < -0.4 is 0 Å². The summed E-state index contributed by atoms with van der Waals surface area (Å²) in [7, 11) is 0. The summed E-state index contributed by atoms with van der Waals surface area (Å²) >= 11 is 0. The van der Waals surface area contributed by atoms with E-state index in [1.165, 1.54) is 0 Å². The van der Waals surface area contributed by atoms with Crippen molar-refractivity contribution in [1.29, 1.82) is 0 Å². The van der Waals surface area contributed by atoms with Gasteiger partial charge in [-0.05, 0) is 70.3 Å². The van der Waals surface area contributed by atoms with E-state index in [1.54, 1.807) is 0 Å². The highest BCUT2D eigenvalue weighted by Crippen LogP contribution is 2.36. The van der Waals surface area contributed by atoms with E-state index < -0.39 is 12.4 Å². The average molecular weight is 535 g/mol. The molecule has 10 unspecified atom stereocenters. The quantitative estimate of drug-likeness (QED) is 0.0979. The van der Waals surface area contributed by atoms with Crippen LogP contribution >= 0.6 is 0 Å². The van der Waals surface area contributed by atoms with Gasteiger partial charge < -0.3 is 24.1 Å². The van der Waals surface area contributed by atoms with Crippen LogP contribution in [0.2, 0.25) is 0 Å².